The van der Waals surface area contributed by atoms with E-state index in [0.717, 1.165) is 31.7 Å². The molecule has 0 aliphatic carbocycles. The summed E-state index contributed by atoms with van der Waals surface area (Å²) in [4.78, 5) is 30.5. The fraction of sp³-hybridized carbons (Fsp3) is 0.316. The highest BCUT2D eigenvalue weighted by Crippen LogP contribution is 2.37. The van der Waals surface area contributed by atoms with Crippen LogP contribution >= 0.6 is 27.3 Å². The lowest BCUT2D eigenvalue weighted by molar-refractivity contribution is -0.137. The number of hydrogen-bond donors (Lipinski definition) is 1. The Morgan fingerprint density at radius 2 is 2.00 bits per heavy atom. The largest absolute Gasteiger partial charge is 0.481 e. The standard InChI is InChI=1S/C19H19BrN2O3S/c1-3-14-16(12-6-8-13(20)9-7-12)17-18(26-14)21-11(2)22(19(17)25)10-4-5-15(23)24/h6-9H,3-5,10H2,1-2H3,(H,23,24). The average molecular weight is 435 g/mol. The van der Waals surface area contributed by atoms with Crippen LogP contribution in [0.1, 0.15) is 30.5 Å². The third kappa shape index (κ3) is 3.59. The molecule has 0 aliphatic heterocycles. The molecule has 0 bridgehead atoms. The Balaban J connectivity index is 2.19. The number of fused-ring (bicyclic) bond motifs is 1. The van der Waals surface area contributed by atoms with E-state index in [4.69, 9.17) is 5.11 Å². The van der Waals surface area contributed by atoms with Crippen LogP contribution < -0.4 is 5.56 Å². The minimum atomic E-state index is -0.857. The molecular weight excluding hydrogens is 416 g/mol. The fourth-order valence-corrected chi connectivity index (χ4v) is 4.49. The van der Waals surface area contributed by atoms with Gasteiger partial charge in [0.15, 0.2) is 0 Å². The summed E-state index contributed by atoms with van der Waals surface area (Å²) in [6.45, 7) is 4.23. The first kappa shape index (κ1) is 18.8. The van der Waals surface area contributed by atoms with Gasteiger partial charge >= 0.3 is 5.97 Å². The van der Waals surface area contributed by atoms with Crippen molar-refractivity contribution in [1.82, 2.24) is 9.55 Å². The second kappa shape index (κ2) is 7.72. The van der Waals surface area contributed by atoms with Crippen molar-refractivity contribution in [2.45, 2.75) is 39.7 Å². The highest BCUT2D eigenvalue weighted by atomic mass is 79.9. The van der Waals surface area contributed by atoms with E-state index in [9.17, 15) is 9.59 Å². The van der Waals surface area contributed by atoms with Crippen molar-refractivity contribution in [3.63, 3.8) is 0 Å². The molecule has 3 rings (SSSR count). The maximum atomic E-state index is 13.2. The highest BCUT2D eigenvalue weighted by Gasteiger charge is 2.19. The van der Waals surface area contributed by atoms with Crippen LogP contribution in [0.3, 0.4) is 0 Å². The predicted octanol–water partition coefficient (Wildman–Crippen LogP) is 4.62. The second-order valence-electron chi connectivity index (χ2n) is 6.05. The zero-order chi connectivity index (χ0) is 18.8. The zero-order valence-corrected chi connectivity index (χ0v) is 17.0. The molecular formula is C19H19BrN2O3S. The molecule has 7 heteroatoms. The Kier molecular flexibility index (Phi) is 5.58. The number of hydrogen-bond acceptors (Lipinski definition) is 4. The first-order valence-corrected chi connectivity index (χ1v) is 10.0. The van der Waals surface area contributed by atoms with Gasteiger partial charge in [-0.1, -0.05) is 35.0 Å². The maximum absolute atomic E-state index is 13.2. The molecule has 0 saturated heterocycles. The first-order chi connectivity index (χ1) is 12.4. The van der Waals surface area contributed by atoms with E-state index < -0.39 is 5.97 Å². The van der Waals surface area contributed by atoms with Crippen LogP contribution in [0, 0.1) is 6.92 Å². The number of nitrogens with zero attached hydrogens (tertiary/aromatic N) is 2. The summed E-state index contributed by atoms with van der Waals surface area (Å²) in [6, 6.07) is 7.92. The van der Waals surface area contributed by atoms with E-state index in [1.807, 2.05) is 24.3 Å². The summed E-state index contributed by atoms with van der Waals surface area (Å²) in [6.07, 6.45) is 1.26. The maximum Gasteiger partial charge on any atom is 0.303 e. The molecule has 0 radical (unpaired) electrons. The molecule has 1 aromatic carbocycles. The monoisotopic (exact) mass is 434 g/mol. The third-order valence-electron chi connectivity index (χ3n) is 4.30. The number of carbonyl (C=O) groups is 1. The number of thiophene rings is 1. The number of rotatable bonds is 6. The normalized spacial score (nSPS) is 11.2. The van der Waals surface area contributed by atoms with E-state index >= 15 is 0 Å². The van der Waals surface area contributed by atoms with E-state index in [1.54, 1.807) is 22.8 Å². The number of benzene rings is 1. The van der Waals surface area contributed by atoms with Crippen molar-refractivity contribution >= 4 is 43.5 Å². The molecule has 1 N–H and O–H groups in total. The van der Waals surface area contributed by atoms with Gasteiger partial charge in [0.05, 0.1) is 5.39 Å². The van der Waals surface area contributed by atoms with Crippen molar-refractivity contribution in [2.24, 2.45) is 0 Å². The molecule has 0 unspecified atom stereocenters. The van der Waals surface area contributed by atoms with Gasteiger partial charge in [-0.05, 0) is 37.5 Å². The lowest BCUT2D eigenvalue weighted by Crippen LogP contribution is -2.24. The van der Waals surface area contributed by atoms with E-state index in [2.05, 4.69) is 27.8 Å². The van der Waals surface area contributed by atoms with Gasteiger partial charge in [-0.25, -0.2) is 4.98 Å². The highest BCUT2D eigenvalue weighted by molar-refractivity contribution is 9.10. The van der Waals surface area contributed by atoms with Gasteiger partial charge in [-0.15, -0.1) is 11.3 Å². The molecule has 26 heavy (non-hydrogen) atoms. The van der Waals surface area contributed by atoms with Gasteiger partial charge in [0.1, 0.15) is 10.7 Å². The van der Waals surface area contributed by atoms with Crippen molar-refractivity contribution in [3.05, 3.63) is 49.8 Å². The van der Waals surface area contributed by atoms with Gasteiger partial charge < -0.3 is 5.11 Å². The fourth-order valence-electron chi connectivity index (χ4n) is 3.05. The van der Waals surface area contributed by atoms with Crippen molar-refractivity contribution < 1.29 is 9.90 Å². The number of aromatic nitrogens is 2. The molecule has 0 spiro atoms. The van der Waals surface area contributed by atoms with Gasteiger partial charge in [-0.2, -0.15) is 0 Å². The van der Waals surface area contributed by atoms with Gasteiger partial charge in [0.2, 0.25) is 0 Å². The summed E-state index contributed by atoms with van der Waals surface area (Å²) in [5.74, 6) is -0.233. The van der Waals surface area contributed by atoms with Crippen LogP contribution in [0.4, 0.5) is 0 Å². The topological polar surface area (TPSA) is 72.2 Å². The van der Waals surface area contributed by atoms with E-state index in [0.29, 0.717) is 24.2 Å². The van der Waals surface area contributed by atoms with E-state index in [-0.39, 0.29) is 12.0 Å². The Bertz CT molecular complexity index is 1020. The molecule has 5 nitrogen and oxygen atoms in total. The second-order valence-corrected chi connectivity index (χ2v) is 8.05. The molecule has 2 heterocycles. The molecule has 0 fully saturated rings. The molecule has 0 saturated carbocycles. The Labute approximate surface area is 163 Å². The number of aryl methyl sites for hydroxylation is 2. The van der Waals surface area contributed by atoms with Crippen LogP contribution in [0.5, 0.6) is 0 Å². The summed E-state index contributed by atoms with van der Waals surface area (Å²) in [5, 5.41) is 9.48. The summed E-state index contributed by atoms with van der Waals surface area (Å²) in [7, 11) is 0. The number of halogens is 1. The molecule has 3 aromatic rings. The Morgan fingerprint density at radius 1 is 1.31 bits per heavy atom. The van der Waals surface area contributed by atoms with Gasteiger partial charge in [0.25, 0.3) is 5.56 Å². The lowest BCUT2D eigenvalue weighted by Gasteiger charge is -2.10. The van der Waals surface area contributed by atoms with Crippen LogP contribution in [0.2, 0.25) is 0 Å². The van der Waals surface area contributed by atoms with Crippen LogP contribution in [0.25, 0.3) is 21.3 Å². The minimum Gasteiger partial charge on any atom is -0.481 e. The minimum absolute atomic E-state index is 0.0351. The SMILES string of the molecule is CCc1sc2nc(C)n(CCCC(=O)O)c(=O)c2c1-c1ccc(Br)cc1. The van der Waals surface area contributed by atoms with Crippen molar-refractivity contribution in [2.75, 3.05) is 0 Å². The van der Waals surface area contributed by atoms with Crippen LogP contribution in [0.15, 0.2) is 33.5 Å². The van der Waals surface area contributed by atoms with Crippen molar-refractivity contribution in [1.29, 1.82) is 0 Å². The zero-order valence-electron chi connectivity index (χ0n) is 14.6. The average Bonchev–Trinajstić information content (AvgIpc) is 2.96. The number of aliphatic carboxylic acids is 1. The molecule has 0 amide bonds. The van der Waals surface area contributed by atoms with Gasteiger partial charge in [-0.3, -0.25) is 14.2 Å². The number of carboxylic acid groups (broad SMARTS) is 1. The molecule has 0 atom stereocenters. The number of carboxylic acids is 1. The molecule has 2 aromatic heterocycles. The third-order valence-corrected chi connectivity index (χ3v) is 6.06. The Hall–Kier alpha value is -1.99. The molecule has 136 valence electrons. The molecule has 0 aliphatic rings. The van der Waals surface area contributed by atoms with Crippen LogP contribution in [-0.2, 0) is 17.8 Å². The summed E-state index contributed by atoms with van der Waals surface area (Å²) >= 11 is 5.00. The Morgan fingerprint density at radius 3 is 2.62 bits per heavy atom. The smallest absolute Gasteiger partial charge is 0.303 e. The van der Waals surface area contributed by atoms with Gasteiger partial charge in [0, 0.05) is 27.9 Å². The van der Waals surface area contributed by atoms with Crippen molar-refractivity contribution in [3.8, 4) is 11.1 Å². The summed E-state index contributed by atoms with van der Waals surface area (Å²) < 4.78 is 2.58. The summed E-state index contributed by atoms with van der Waals surface area (Å²) in [5.41, 5.74) is 1.85. The quantitative estimate of drug-likeness (QED) is 0.613. The lowest BCUT2D eigenvalue weighted by atomic mass is 10.0. The first-order valence-electron chi connectivity index (χ1n) is 8.43. The predicted molar refractivity (Wildman–Crippen MR) is 108 cm³/mol. The van der Waals surface area contributed by atoms with E-state index in [1.165, 1.54) is 0 Å². The van der Waals surface area contributed by atoms with Crippen LogP contribution in [-0.4, -0.2) is 20.6 Å².